The first kappa shape index (κ1) is 20.3. The van der Waals surface area contributed by atoms with E-state index in [9.17, 15) is 13.6 Å². The lowest BCUT2D eigenvalue weighted by Crippen LogP contribution is -2.37. The summed E-state index contributed by atoms with van der Waals surface area (Å²) in [6.45, 7) is 4.17. The molecule has 1 amide bonds. The van der Waals surface area contributed by atoms with Crippen LogP contribution in [0.4, 0.5) is 14.5 Å². The molecule has 1 saturated heterocycles. The molecule has 0 saturated carbocycles. The van der Waals surface area contributed by atoms with E-state index < -0.39 is 5.82 Å². The molecular formula is C21H21ClF2N2O2. The van der Waals surface area contributed by atoms with Gasteiger partial charge in [0.1, 0.15) is 11.6 Å². The van der Waals surface area contributed by atoms with E-state index in [0.29, 0.717) is 37.0 Å². The molecule has 1 unspecified atom stereocenters. The lowest BCUT2D eigenvalue weighted by Gasteiger charge is -2.29. The zero-order valence-electron chi connectivity index (χ0n) is 15.4. The summed E-state index contributed by atoms with van der Waals surface area (Å²) >= 11 is 5.72. The molecule has 1 atom stereocenters. The molecule has 0 aliphatic carbocycles. The lowest BCUT2D eigenvalue weighted by molar-refractivity contribution is -0.117. The number of nitrogens with one attached hydrogen (secondary N) is 1. The lowest BCUT2D eigenvalue weighted by atomic mass is 10.1. The second kappa shape index (κ2) is 9.17. The quantitative estimate of drug-likeness (QED) is 0.751. The zero-order chi connectivity index (χ0) is 20.1. The average molecular weight is 407 g/mol. The van der Waals surface area contributed by atoms with Gasteiger partial charge in [0.2, 0.25) is 5.91 Å². The molecule has 7 heteroatoms. The molecule has 1 heterocycles. The fourth-order valence-corrected chi connectivity index (χ4v) is 3.15. The van der Waals surface area contributed by atoms with E-state index in [4.69, 9.17) is 16.3 Å². The second-order valence-corrected chi connectivity index (χ2v) is 6.98. The van der Waals surface area contributed by atoms with Crippen LogP contribution in [0.3, 0.4) is 0 Å². The van der Waals surface area contributed by atoms with Crippen LogP contribution in [0.2, 0.25) is 5.02 Å². The number of carbonyl (C=O) groups is 1. The number of morpholine rings is 1. The molecule has 2 aromatic carbocycles. The summed E-state index contributed by atoms with van der Waals surface area (Å²) < 4.78 is 33.3. The van der Waals surface area contributed by atoms with Crippen LogP contribution in [0.1, 0.15) is 24.1 Å². The minimum Gasteiger partial charge on any atom is -0.378 e. The first-order chi connectivity index (χ1) is 13.4. The number of nitrogens with zero attached hydrogens (tertiary/aromatic N) is 1. The molecule has 0 bridgehead atoms. The van der Waals surface area contributed by atoms with Gasteiger partial charge in [-0.05, 0) is 42.8 Å². The average Bonchev–Trinajstić information content (AvgIpc) is 2.68. The Balaban J connectivity index is 1.67. The van der Waals surface area contributed by atoms with Crippen molar-refractivity contribution in [3.63, 3.8) is 0 Å². The van der Waals surface area contributed by atoms with Gasteiger partial charge in [0.15, 0.2) is 0 Å². The highest BCUT2D eigenvalue weighted by molar-refractivity contribution is 6.30. The Morgan fingerprint density at radius 1 is 1.18 bits per heavy atom. The summed E-state index contributed by atoms with van der Waals surface area (Å²) in [6.07, 6.45) is 2.65. The monoisotopic (exact) mass is 406 g/mol. The third kappa shape index (κ3) is 5.09. The van der Waals surface area contributed by atoms with Gasteiger partial charge in [0.05, 0.1) is 24.9 Å². The Morgan fingerprint density at radius 2 is 1.93 bits per heavy atom. The highest BCUT2D eigenvalue weighted by Crippen LogP contribution is 2.25. The van der Waals surface area contributed by atoms with Gasteiger partial charge in [-0.3, -0.25) is 4.79 Å². The van der Waals surface area contributed by atoms with E-state index in [1.165, 1.54) is 30.4 Å². The molecule has 1 fully saturated rings. The number of anilines is 1. The van der Waals surface area contributed by atoms with Crippen molar-refractivity contribution in [3.05, 3.63) is 70.3 Å². The first-order valence-electron chi connectivity index (χ1n) is 9.00. The number of rotatable bonds is 5. The van der Waals surface area contributed by atoms with Crippen LogP contribution in [-0.2, 0) is 9.53 Å². The molecule has 28 heavy (non-hydrogen) atoms. The SMILES string of the molecule is CC(NC(=O)/C=C/c1ccc(Cl)cc1F)c1ccc(F)c(N2CCOCC2)c1. The number of hydrogen-bond acceptors (Lipinski definition) is 3. The summed E-state index contributed by atoms with van der Waals surface area (Å²) in [6, 6.07) is 8.69. The maximum absolute atomic E-state index is 14.2. The zero-order valence-corrected chi connectivity index (χ0v) is 16.2. The molecule has 0 radical (unpaired) electrons. The molecule has 3 rings (SSSR count). The summed E-state index contributed by atoms with van der Waals surface area (Å²) in [4.78, 5) is 14.1. The highest BCUT2D eigenvalue weighted by atomic mass is 35.5. The van der Waals surface area contributed by atoms with Crippen molar-refractivity contribution in [2.75, 3.05) is 31.2 Å². The van der Waals surface area contributed by atoms with Gasteiger partial charge < -0.3 is 15.0 Å². The minimum absolute atomic E-state index is 0.267. The van der Waals surface area contributed by atoms with Gasteiger partial charge in [-0.25, -0.2) is 8.78 Å². The Bertz CT molecular complexity index is 883. The van der Waals surface area contributed by atoms with Gasteiger partial charge in [-0.15, -0.1) is 0 Å². The van der Waals surface area contributed by atoms with Gasteiger partial charge in [-0.1, -0.05) is 23.7 Å². The van der Waals surface area contributed by atoms with E-state index in [-0.39, 0.29) is 23.3 Å². The standard InChI is InChI=1S/C21H21ClF2N2O2/c1-14(25-21(27)7-4-15-2-5-17(22)13-19(15)24)16-3-6-18(23)20(12-16)26-8-10-28-11-9-26/h2-7,12-14H,8-11H2,1H3,(H,25,27)/b7-4+. The number of benzene rings is 2. The molecule has 148 valence electrons. The third-order valence-corrected chi connectivity index (χ3v) is 4.79. The Labute approximate surface area is 167 Å². The van der Waals surface area contributed by atoms with Crippen LogP contribution in [-0.4, -0.2) is 32.2 Å². The van der Waals surface area contributed by atoms with E-state index in [1.807, 2.05) is 11.8 Å². The normalized spacial score (nSPS) is 15.6. The Kier molecular flexibility index (Phi) is 6.65. The molecule has 0 spiro atoms. The maximum Gasteiger partial charge on any atom is 0.244 e. The Hall–Kier alpha value is -2.44. The first-order valence-corrected chi connectivity index (χ1v) is 9.37. The van der Waals surface area contributed by atoms with E-state index >= 15 is 0 Å². The van der Waals surface area contributed by atoms with E-state index in [2.05, 4.69) is 5.32 Å². The van der Waals surface area contributed by atoms with Crippen molar-refractivity contribution in [3.8, 4) is 0 Å². The molecule has 1 aliphatic heterocycles. The topological polar surface area (TPSA) is 41.6 Å². The maximum atomic E-state index is 14.2. The van der Waals surface area contributed by atoms with Crippen LogP contribution in [0, 0.1) is 11.6 Å². The molecule has 4 nitrogen and oxygen atoms in total. The molecule has 1 N–H and O–H groups in total. The van der Waals surface area contributed by atoms with Crippen molar-refractivity contribution in [1.82, 2.24) is 5.32 Å². The van der Waals surface area contributed by atoms with Crippen molar-refractivity contribution >= 4 is 29.3 Å². The fraction of sp³-hybridized carbons (Fsp3) is 0.286. The summed E-state index contributed by atoms with van der Waals surface area (Å²) in [5.41, 5.74) is 1.55. The third-order valence-electron chi connectivity index (χ3n) is 4.56. The van der Waals surface area contributed by atoms with Gasteiger partial charge >= 0.3 is 0 Å². The van der Waals surface area contributed by atoms with E-state index in [0.717, 1.165) is 5.56 Å². The summed E-state index contributed by atoms with van der Waals surface area (Å²) in [7, 11) is 0. The number of hydrogen-bond donors (Lipinski definition) is 1. The van der Waals surface area contributed by atoms with Crippen molar-refractivity contribution in [2.24, 2.45) is 0 Å². The second-order valence-electron chi connectivity index (χ2n) is 6.54. The van der Waals surface area contributed by atoms with E-state index in [1.54, 1.807) is 18.2 Å². The number of amides is 1. The van der Waals surface area contributed by atoms with Crippen LogP contribution < -0.4 is 10.2 Å². The van der Waals surface area contributed by atoms with Crippen molar-refractivity contribution in [1.29, 1.82) is 0 Å². The summed E-state index contributed by atoms with van der Waals surface area (Å²) in [5.74, 6) is -1.18. The van der Waals surface area contributed by atoms with Crippen LogP contribution in [0.25, 0.3) is 6.08 Å². The summed E-state index contributed by atoms with van der Waals surface area (Å²) in [5, 5.41) is 3.10. The van der Waals surface area contributed by atoms with Crippen molar-refractivity contribution < 1.29 is 18.3 Å². The number of halogens is 3. The van der Waals surface area contributed by atoms with Crippen LogP contribution >= 0.6 is 11.6 Å². The van der Waals surface area contributed by atoms with Crippen LogP contribution in [0.15, 0.2) is 42.5 Å². The minimum atomic E-state index is -0.502. The molecular weight excluding hydrogens is 386 g/mol. The number of carbonyl (C=O) groups excluding carboxylic acids is 1. The van der Waals surface area contributed by atoms with Crippen molar-refractivity contribution in [2.45, 2.75) is 13.0 Å². The fourth-order valence-electron chi connectivity index (χ4n) is 2.99. The molecule has 0 aromatic heterocycles. The molecule has 2 aromatic rings. The Morgan fingerprint density at radius 3 is 2.64 bits per heavy atom. The largest absolute Gasteiger partial charge is 0.378 e. The highest BCUT2D eigenvalue weighted by Gasteiger charge is 2.17. The van der Waals surface area contributed by atoms with Gasteiger partial charge in [-0.2, -0.15) is 0 Å². The molecule has 1 aliphatic rings. The number of ether oxygens (including phenoxy) is 1. The van der Waals surface area contributed by atoms with Gasteiger partial charge in [0.25, 0.3) is 0 Å². The smallest absolute Gasteiger partial charge is 0.244 e. The predicted octanol–water partition coefficient (Wildman–Crippen LogP) is 4.35. The van der Waals surface area contributed by atoms with Crippen LogP contribution in [0.5, 0.6) is 0 Å². The predicted molar refractivity (Wildman–Crippen MR) is 106 cm³/mol. The van der Waals surface area contributed by atoms with Gasteiger partial charge in [0, 0.05) is 29.8 Å².